The van der Waals surface area contributed by atoms with E-state index in [9.17, 15) is 4.39 Å². The van der Waals surface area contributed by atoms with Gasteiger partial charge in [-0.1, -0.05) is 20.8 Å². The number of nitrogens with one attached hydrogen (secondary N) is 1. The van der Waals surface area contributed by atoms with E-state index in [1.807, 2.05) is 19.1 Å². The molecule has 1 aromatic heterocycles. The second-order valence-electron chi connectivity index (χ2n) is 5.87. The number of aromatic nitrogens is 2. The standard InChI is InChI=1S/C16H19BrFN3/c1-5-19-14-9-13(16(2,3)4)20-15(21-14)10-6-7-11(17)12(18)8-10/h6-9H,5H2,1-4H3,(H,19,20,21). The van der Waals surface area contributed by atoms with Crippen LogP contribution in [0.1, 0.15) is 33.4 Å². The van der Waals surface area contributed by atoms with E-state index in [1.54, 1.807) is 6.07 Å². The predicted octanol–water partition coefficient (Wildman–Crippen LogP) is 4.77. The van der Waals surface area contributed by atoms with Crippen molar-refractivity contribution in [2.24, 2.45) is 0 Å². The van der Waals surface area contributed by atoms with Crippen molar-refractivity contribution in [2.75, 3.05) is 11.9 Å². The summed E-state index contributed by atoms with van der Waals surface area (Å²) in [5.41, 5.74) is 1.49. The fourth-order valence-electron chi connectivity index (χ4n) is 1.87. The van der Waals surface area contributed by atoms with E-state index in [0.717, 1.165) is 18.1 Å². The third-order valence-corrected chi connectivity index (χ3v) is 3.67. The van der Waals surface area contributed by atoms with Gasteiger partial charge in [-0.2, -0.15) is 0 Å². The Balaban J connectivity index is 2.56. The van der Waals surface area contributed by atoms with Crippen LogP contribution in [-0.2, 0) is 5.41 Å². The minimum atomic E-state index is -0.317. The van der Waals surface area contributed by atoms with Crippen LogP contribution in [0.15, 0.2) is 28.7 Å². The van der Waals surface area contributed by atoms with Gasteiger partial charge in [-0.05, 0) is 41.1 Å². The number of hydrogen-bond acceptors (Lipinski definition) is 3. The van der Waals surface area contributed by atoms with Crippen molar-refractivity contribution >= 4 is 21.7 Å². The average Bonchev–Trinajstić information content (AvgIpc) is 2.41. The fourth-order valence-corrected chi connectivity index (χ4v) is 2.11. The van der Waals surface area contributed by atoms with Gasteiger partial charge in [0.05, 0.1) is 10.2 Å². The third kappa shape index (κ3) is 3.79. The van der Waals surface area contributed by atoms with Crippen LogP contribution in [0.2, 0.25) is 0 Å². The Bertz CT molecular complexity index is 650. The average molecular weight is 352 g/mol. The molecule has 0 spiro atoms. The second-order valence-corrected chi connectivity index (χ2v) is 6.73. The molecule has 0 aliphatic rings. The summed E-state index contributed by atoms with van der Waals surface area (Å²) >= 11 is 3.16. The van der Waals surface area contributed by atoms with Crippen molar-refractivity contribution in [3.8, 4) is 11.4 Å². The maximum Gasteiger partial charge on any atom is 0.161 e. The molecular weight excluding hydrogens is 333 g/mol. The molecule has 1 heterocycles. The summed E-state index contributed by atoms with van der Waals surface area (Å²) in [6, 6.07) is 6.87. The van der Waals surface area contributed by atoms with E-state index in [0.29, 0.717) is 15.9 Å². The summed E-state index contributed by atoms with van der Waals surface area (Å²) in [5.74, 6) is 0.975. The van der Waals surface area contributed by atoms with Crippen LogP contribution in [-0.4, -0.2) is 16.5 Å². The Morgan fingerprint density at radius 1 is 1.19 bits per heavy atom. The zero-order valence-corrected chi connectivity index (χ0v) is 14.3. The highest BCUT2D eigenvalue weighted by atomic mass is 79.9. The number of nitrogens with zero attached hydrogens (tertiary/aromatic N) is 2. The molecule has 0 amide bonds. The minimum absolute atomic E-state index is 0.101. The molecule has 0 saturated carbocycles. The lowest BCUT2D eigenvalue weighted by Gasteiger charge is -2.19. The molecule has 1 aromatic carbocycles. The summed E-state index contributed by atoms with van der Waals surface area (Å²) < 4.78 is 14.2. The Hall–Kier alpha value is -1.49. The number of hydrogen-bond donors (Lipinski definition) is 1. The van der Waals surface area contributed by atoms with Gasteiger partial charge in [-0.25, -0.2) is 14.4 Å². The zero-order valence-electron chi connectivity index (χ0n) is 12.7. The summed E-state index contributed by atoms with van der Waals surface area (Å²) in [6.45, 7) is 9.07. The van der Waals surface area contributed by atoms with Gasteiger partial charge in [-0.15, -0.1) is 0 Å². The van der Waals surface area contributed by atoms with Crippen LogP contribution < -0.4 is 5.32 Å². The molecule has 0 aliphatic carbocycles. The highest BCUT2D eigenvalue weighted by Crippen LogP contribution is 2.27. The van der Waals surface area contributed by atoms with Gasteiger partial charge in [0, 0.05) is 23.6 Å². The molecule has 2 rings (SSSR count). The maximum absolute atomic E-state index is 13.7. The molecule has 112 valence electrons. The highest BCUT2D eigenvalue weighted by molar-refractivity contribution is 9.10. The van der Waals surface area contributed by atoms with Gasteiger partial charge in [0.25, 0.3) is 0 Å². The molecular formula is C16H19BrFN3. The molecule has 5 heteroatoms. The monoisotopic (exact) mass is 351 g/mol. The number of rotatable bonds is 3. The quantitative estimate of drug-likeness (QED) is 0.864. The molecule has 3 nitrogen and oxygen atoms in total. The summed E-state index contributed by atoms with van der Waals surface area (Å²) in [7, 11) is 0. The molecule has 0 radical (unpaired) electrons. The van der Waals surface area contributed by atoms with Crippen LogP contribution in [0.5, 0.6) is 0 Å². The molecule has 1 N–H and O–H groups in total. The highest BCUT2D eigenvalue weighted by Gasteiger charge is 2.18. The lowest BCUT2D eigenvalue weighted by atomic mass is 9.91. The molecule has 21 heavy (non-hydrogen) atoms. The van der Waals surface area contributed by atoms with Crippen molar-refractivity contribution < 1.29 is 4.39 Å². The summed E-state index contributed by atoms with van der Waals surface area (Å²) in [6.07, 6.45) is 0. The summed E-state index contributed by atoms with van der Waals surface area (Å²) in [5, 5.41) is 3.20. The van der Waals surface area contributed by atoms with Crippen molar-refractivity contribution in [1.82, 2.24) is 9.97 Å². The molecule has 0 aliphatic heterocycles. The van der Waals surface area contributed by atoms with E-state index in [1.165, 1.54) is 6.07 Å². The van der Waals surface area contributed by atoms with Gasteiger partial charge in [0.15, 0.2) is 5.82 Å². The van der Waals surface area contributed by atoms with Gasteiger partial charge in [0.1, 0.15) is 11.6 Å². The first-order chi connectivity index (χ1) is 9.81. The van der Waals surface area contributed by atoms with Gasteiger partial charge >= 0.3 is 0 Å². The summed E-state index contributed by atoms with van der Waals surface area (Å²) in [4.78, 5) is 9.07. The molecule has 0 atom stereocenters. The van der Waals surface area contributed by atoms with E-state index < -0.39 is 0 Å². The third-order valence-electron chi connectivity index (χ3n) is 3.03. The first-order valence-electron chi connectivity index (χ1n) is 6.90. The van der Waals surface area contributed by atoms with E-state index in [2.05, 4.69) is 52.0 Å². The Kier molecular flexibility index (Phi) is 4.61. The van der Waals surface area contributed by atoms with E-state index in [4.69, 9.17) is 0 Å². The first-order valence-corrected chi connectivity index (χ1v) is 7.69. The maximum atomic E-state index is 13.7. The SMILES string of the molecule is CCNc1cc(C(C)(C)C)nc(-c2ccc(Br)c(F)c2)n1. The Morgan fingerprint density at radius 2 is 1.90 bits per heavy atom. The lowest BCUT2D eigenvalue weighted by Crippen LogP contribution is -2.16. The van der Waals surface area contributed by atoms with Crippen molar-refractivity contribution in [2.45, 2.75) is 33.1 Å². The Labute approximate surface area is 133 Å². The first kappa shape index (κ1) is 15.9. The van der Waals surface area contributed by atoms with Crippen LogP contribution in [0.25, 0.3) is 11.4 Å². The number of anilines is 1. The van der Waals surface area contributed by atoms with E-state index >= 15 is 0 Å². The topological polar surface area (TPSA) is 37.8 Å². The van der Waals surface area contributed by atoms with Crippen LogP contribution >= 0.6 is 15.9 Å². The van der Waals surface area contributed by atoms with E-state index in [-0.39, 0.29) is 11.2 Å². The van der Waals surface area contributed by atoms with Crippen molar-refractivity contribution in [3.63, 3.8) is 0 Å². The Morgan fingerprint density at radius 3 is 2.48 bits per heavy atom. The van der Waals surface area contributed by atoms with Gasteiger partial charge < -0.3 is 5.32 Å². The fraction of sp³-hybridized carbons (Fsp3) is 0.375. The smallest absolute Gasteiger partial charge is 0.161 e. The predicted molar refractivity (Wildman–Crippen MR) is 88.0 cm³/mol. The number of halogens is 2. The van der Waals surface area contributed by atoms with Gasteiger partial charge in [-0.3, -0.25) is 0 Å². The largest absolute Gasteiger partial charge is 0.370 e. The second kappa shape index (κ2) is 6.10. The van der Waals surface area contributed by atoms with Crippen molar-refractivity contribution in [1.29, 1.82) is 0 Å². The molecule has 0 unspecified atom stereocenters. The molecule has 0 bridgehead atoms. The molecule has 2 aromatic rings. The number of benzene rings is 1. The molecule has 0 saturated heterocycles. The van der Waals surface area contributed by atoms with Crippen LogP contribution in [0.4, 0.5) is 10.2 Å². The minimum Gasteiger partial charge on any atom is -0.370 e. The molecule has 0 fully saturated rings. The van der Waals surface area contributed by atoms with Gasteiger partial charge in [0.2, 0.25) is 0 Å². The van der Waals surface area contributed by atoms with Crippen LogP contribution in [0, 0.1) is 5.82 Å². The normalized spacial score (nSPS) is 11.5. The zero-order chi connectivity index (χ0) is 15.6. The lowest BCUT2D eigenvalue weighted by molar-refractivity contribution is 0.568. The van der Waals surface area contributed by atoms with Crippen LogP contribution in [0.3, 0.4) is 0 Å². The van der Waals surface area contributed by atoms with Crippen molar-refractivity contribution in [3.05, 3.63) is 40.2 Å².